The average molecular weight is 310 g/mol. The van der Waals surface area contributed by atoms with Crippen LogP contribution in [0, 0.1) is 0 Å². The molecule has 1 heterocycles. The number of hydrogen-bond donors (Lipinski definition) is 1. The zero-order valence-electron chi connectivity index (χ0n) is 13.0. The summed E-state index contributed by atoms with van der Waals surface area (Å²) in [6, 6.07) is 0. The Morgan fingerprint density at radius 2 is 1.70 bits per heavy atom. The van der Waals surface area contributed by atoms with Gasteiger partial charge in [0.2, 0.25) is 0 Å². The maximum Gasteiger partial charge on any atom is 0.101 e. The molecule has 122 valence electrons. The van der Waals surface area contributed by atoms with Crippen molar-refractivity contribution < 1.29 is 22.6 Å². The zero-order chi connectivity index (χ0) is 15.6. The highest BCUT2D eigenvalue weighted by Crippen LogP contribution is 2.08. The summed E-state index contributed by atoms with van der Waals surface area (Å²) in [6.45, 7) is 3.97. The summed E-state index contributed by atoms with van der Waals surface area (Å²) in [5.41, 5.74) is 0. The molecule has 0 amide bonds. The molecule has 0 aromatic heterocycles. The van der Waals surface area contributed by atoms with Gasteiger partial charge in [-0.2, -0.15) is 0 Å². The van der Waals surface area contributed by atoms with Crippen molar-refractivity contribution in [1.82, 2.24) is 4.90 Å². The molecule has 0 radical (unpaired) electrons. The lowest BCUT2D eigenvalue weighted by Crippen LogP contribution is -2.36. The van der Waals surface area contributed by atoms with E-state index in [1.165, 1.54) is 19.3 Å². The summed E-state index contributed by atoms with van der Waals surface area (Å²) >= 11 is 0. The first-order chi connectivity index (χ1) is 9.14. The Morgan fingerprint density at radius 3 is 2.05 bits per heavy atom. The Morgan fingerprint density at radius 1 is 1.15 bits per heavy atom. The van der Waals surface area contributed by atoms with Crippen LogP contribution in [0.15, 0.2) is 0 Å². The summed E-state index contributed by atoms with van der Waals surface area (Å²) in [6.07, 6.45) is 4.15. The standard InChI is InChI=1S/C8H17NO3S.C5H14NO/c10-13(11,12)8-4-7-9-5-2-1-3-6-9;1-6(2,3)4-5-7/h1-8H2,(H,10,11,12);7H,4-5H2,1-3H3/q;+1/p-1. The molecule has 0 atom stereocenters. The highest BCUT2D eigenvalue weighted by molar-refractivity contribution is 7.85. The van der Waals surface area contributed by atoms with Gasteiger partial charge in [0.25, 0.3) is 0 Å². The lowest BCUT2D eigenvalue weighted by atomic mass is 10.1. The molecule has 0 spiro atoms. The van der Waals surface area contributed by atoms with Crippen molar-refractivity contribution in [2.45, 2.75) is 25.7 Å². The van der Waals surface area contributed by atoms with Crippen LogP contribution < -0.4 is 0 Å². The van der Waals surface area contributed by atoms with Gasteiger partial charge in [0, 0.05) is 5.75 Å². The van der Waals surface area contributed by atoms with E-state index in [9.17, 15) is 13.0 Å². The number of quaternary nitrogens is 1. The Kier molecular flexibility index (Phi) is 9.58. The summed E-state index contributed by atoms with van der Waals surface area (Å²) in [5.74, 6) is -0.219. The minimum Gasteiger partial charge on any atom is -0.748 e. The third-order valence-electron chi connectivity index (χ3n) is 3.09. The molecule has 0 saturated carbocycles. The zero-order valence-corrected chi connectivity index (χ0v) is 13.9. The molecule has 1 aliphatic rings. The van der Waals surface area contributed by atoms with Crippen molar-refractivity contribution in [3.05, 3.63) is 0 Å². The van der Waals surface area contributed by atoms with Crippen LogP contribution in [-0.4, -0.2) is 87.1 Å². The lowest BCUT2D eigenvalue weighted by molar-refractivity contribution is -0.870. The van der Waals surface area contributed by atoms with Crippen LogP contribution in [0.2, 0.25) is 0 Å². The molecule has 0 aromatic carbocycles. The number of rotatable bonds is 6. The van der Waals surface area contributed by atoms with Crippen LogP contribution in [0.5, 0.6) is 0 Å². The van der Waals surface area contributed by atoms with Gasteiger partial charge in [0.05, 0.1) is 37.9 Å². The Hall–Kier alpha value is -0.210. The number of nitrogens with zero attached hydrogens (tertiary/aromatic N) is 2. The molecule has 1 fully saturated rings. The molecule has 0 aromatic rings. The Bertz CT molecular complexity index is 333. The molecule has 0 aliphatic carbocycles. The molecule has 0 bridgehead atoms. The maximum absolute atomic E-state index is 10.3. The van der Waals surface area contributed by atoms with Crippen LogP contribution in [0.25, 0.3) is 0 Å². The molecule has 7 heteroatoms. The van der Waals surface area contributed by atoms with E-state index in [0.29, 0.717) is 6.42 Å². The van der Waals surface area contributed by atoms with Gasteiger partial charge in [-0.15, -0.1) is 0 Å². The van der Waals surface area contributed by atoms with Crippen molar-refractivity contribution in [1.29, 1.82) is 0 Å². The molecule has 20 heavy (non-hydrogen) atoms. The normalized spacial score (nSPS) is 17.4. The van der Waals surface area contributed by atoms with Crippen LogP contribution >= 0.6 is 0 Å². The first-order valence-corrected chi connectivity index (χ1v) is 8.79. The third-order valence-corrected chi connectivity index (χ3v) is 3.88. The van der Waals surface area contributed by atoms with Crippen molar-refractivity contribution in [3.63, 3.8) is 0 Å². The highest BCUT2D eigenvalue weighted by atomic mass is 32.2. The van der Waals surface area contributed by atoms with Crippen LogP contribution in [0.1, 0.15) is 25.7 Å². The van der Waals surface area contributed by atoms with Crippen LogP contribution in [0.3, 0.4) is 0 Å². The van der Waals surface area contributed by atoms with E-state index in [1.54, 1.807) is 0 Å². The number of likely N-dealkylation sites (N-methyl/N-ethyl adjacent to an activating group) is 1. The fraction of sp³-hybridized carbons (Fsp3) is 1.00. The van der Waals surface area contributed by atoms with E-state index in [2.05, 4.69) is 26.0 Å². The number of piperidine rings is 1. The van der Waals surface area contributed by atoms with Gasteiger partial charge < -0.3 is 19.0 Å². The number of hydrogen-bond acceptors (Lipinski definition) is 5. The fourth-order valence-electron chi connectivity index (χ4n) is 1.95. The van der Waals surface area contributed by atoms with Crippen LogP contribution in [0.4, 0.5) is 0 Å². The van der Waals surface area contributed by atoms with Crippen molar-refractivity contribution in [2.75, 3.05) is 59.7 Å². The Balaban J connectivity index is 0.000000441. The average Bonchev–Trinajstić information content (AvgIpc) is 2.28. The highest BCUT2D eigenvalue weighted by Gasteiger charge is 2.09. The second-order valence-corrected chi connectivity index (χ2v) is 7.78. The fourth-order valence-corrected chi connectivity index (χ4v) is 2.43. The summed E-state index contributed by atoms with van der Waals surface area (Å²) < 4.78 is 31.7. The van der Waals surface area contributed by atoms with Gasteiger partial charge in [-0.25, -0.2) is 8.42 Å². The molecule has 6 nitrogen and oxygen atoms in total. The predicted molar refractivity (Wildman–Crippen MR) is 79.5 cm³/mol. The lowest BCUT2D eigenvalue weighted by Gasteiger charge is -2.26. The number of aliphatic hydroxyl groups excluding tert-OH is 1. The minimum absolute atomic E-state index is 0.219. The van der Waals surface area contributed by atoms with Gasteiger partial charge in [-0.05, 0) is 38.9 Å². The molecular weight excluding hydrogens is 280 g/mol. The number of likely N-dealkylation sites (tertiary alicyclic amines) is 1. The van der Waals surface area contributed by atoms with Gasteiger partial charge in [0.1, 0.15) is 6.54 Å². The first kappa shape index (κ1) is 19.8. The topological polar surface area (TPSA) is 80.7 Å². The number of aliphatic hydroxyl groups is 1. The molecular formula is C13H30N2O4S. The summed E-state index contributed by atoms with van der Waals surface area (Å²) in [7, 11) is 2.15. The van der Waals surface area contributed by atoms with Gasteiger partial charge in [-0.1, -0.05) is 6.42 Å². The van der Waals surface area contributed by atoms with E-state index in [0.717, 1.165) is 30.7 Å². The third kappa shape index (κ3) is 14.2. The van der Waals surface area contributed by atoms with Crippen molar-refractivity contribution >= 4 is 10.1 Å². The monoisotopic (exact) mass is 310 g/mol. The van der Waals surface area contributed by atoms with Crippen LogP contribution in [-0.2, 0) is 10.1 Å². The van der Waals surface area contributed by atoms with E-state index in [4.69, 9.17) is 5.11 Å². The van der Waals surface area contributed by atoms with E-state index in [-0.39, 0.29) is 12.4 Å². The van der Waals surface area contributed by atoms with Gasteiger partial charge in [-0.3, -0.25) is 0 Å². The van der Waals surface area contributed by atoms with Gasteiger partial charge in [0.15, 0.2) is 0 Å². The SMILES string of the molecule is C[N+](C)(C)CCO.O=S(=O)([O-])CCCN1CCCCC1. The smallest absolute Gasteiger partial charge is 0.101 e. The quantitative estimate of drug-likeness (QED) is 0.555. The minimum atomic E-state index is -4.00. The summed E-state index contributed by atoms with van der Waals surface area (Å²) in [5, 5.41) is 8.39. The van der Waals surface area contributed by atoms with E-state index < -0.39 is 10.1 Å². The molecule has 0 unspecified atom stereocenters. The molecule has 1 rings (SSSR count). The van der Waals surface area contributed by atoms with Crippen molar-refractivity contribution in [2.24, 2.45) is 0 Å². The van der Waals surface area contributed by atoms with E-state index >= 15 is 0 Å². The largest absolute Gasteiger partial charge is 0.748 e. The second-order valence-electron chi connectivity index (χ2n) is 6.26. The van der Waals surface area contributed by atoms with Gasteiger partial charge >= 0.3 is 0 Å². The summed E-state index contributed by atoms with van der Waals surface area (Å²) in [4.78, 5) is 2.23. The van der Waals surface area contributed by atoms with Crippen molar-refractivity contribution in [3.8, 4) is 0 Å². The maximum atomic E-state index is 10.3. The second kappa shape index (κ2) is 9.68. The molecule has 1 aliphatic heterocycles. The predicted octanol–water partition coefficient (Wildman–Crippen LogP) is 0.0925. The molecule has 1 saturated heterocycles. The van der Waals surface area contributed by atoms with E-state index in [1.807, 2.05) is 0 Å². The molecule has 1 N–H and O–H groups in total. The Labute approximate surface area is 123 Å². The first-order valence-electron chi connectivity index (χ1n) is 7.21.